The third-order valence-electron chi connectivity index (χ3n) is 1.52. The van der Waals surface area contributed by atoms with Crippen molar-refractivity contribution >= 4 is 28.3 Å². The Kier molecular flexibility index (Phi) is 1.56. The molecule has 2 N–H and O–H groups in total. The van der Waals surface area contributed by atoms with E-state index in [0.29, 0.717) is 11.4 Å². The van der Waals surface area contributed by atoms with Crippen LogP contribution in [0.3, 0.4) is 0 Å². The van der Waals surface area contributed by atoms with E-state index in [2.05, 4.69) is 22.6 Å². The van der Waals surface area contributed by atoms with Crippen molar-refractivity contribution in [2.75, 3.05) is 12.5 Å². The predicted molar refractivity (Wildman–Crippen MR) is 49.7 cm³/mol. The van der Waals surface area contributed by atoms with E-state index in [9.17, 15) is 0 Å². The third kappa shape index (κ3) is 1.01. The number of nitrogens with two attached hydrogens (primary N) is 1. The van der Waals surface area contributed by atoms with Crippen LogP contribution in [0, 0.1) is 3.57 Å². The minimum absolute atomic E-state index is 0.277. The summed E-state index contributed by atoms with van der Waals surface area (Å²) in [5.74, 6) is 1.42. The first-order chi connectivity index (χ1) is 5.29. The molecule has 1 aromatic rings. The highest BCUT2D eigenvalue weighted by molar-refractivity contribution is 14.1. The summed E-state index contributed by atoms with van der Waals surface area (Å²) in [5.41, 5.74) is 6.39. The molecule has 58 valence electrons. The summed E-state index contributed by atoms with van der Waals surface area (Å²) in [6.07, 6.45) is 0. The van der Waals surface area contributed by atoms with Crippen molar-refractivity contribution in [2.45, 2.75) is 0 Å². The van der Waals surface area contributed by atoms with Gasteiger partial charge in [0.2, 0.25) is 6.79 Å². The Bertz CT molecular complexity index is 301. The molecule has 0 saturated carbocycles. The van der Waals surface area contributed by atoms with Crippen molar-refractivity contribution < 1.29 is 9.47 Å². The lowest BCUT2D eigenvalue weighted by molar-refractivity contribution is 0.174. The van der Waals surface area contributed by atoms with Gasteiger partial charge in [0.15, 0.2) is 11.5 Å². The largest absolute Gasteiger partial charge is 0.454 e. The number of rotatable bonds is 0. The highest BCUT2D eigenvalue weighted by Crippen LogP contribution is 2.39. The van der Waals surface area contributed by atoms with Gasteiger partial charge in [-0.15, -0.1) is 0 Å². The zero-order chi connectivity index (χ0) is 7.84. The van der Waals surface area contributed by atoms with Crippen LogP contribution in [0.25, 0.3) is 0 Å². The van der Waals surface area contributed by atoms with Crippen LogP contribution in [0.5, 0.6) is 11.5 Å². The Balaban J connectivity index is 2.62. The van der Waals surface area contributed by atoms with Gasteiger partial charge >= 0.3 is 0 Å². The van der Waals surface area contributed by atoms with E-state index in [4.69, 9.17) is 15.2 Å². The molecule has 1 aromatic carbocycles. The average Bonchev–Trinajstić information content (AvgIpc) is 2.45. The summed E-state index contributed by atoms with van der Waals surface area (Å²) in [7, 11) is 0. The molecule has 2 rings (SSSR count). The van der Waals surface area contributed by atoms with Gasteiger partial charge in [0.1, 0.15) is 0 Å². The molecular formula is C7H6INO2. The molecule has 4 heteroatoms. The molecule has 0 spiro atoms. The van der Waals surface area contributed by atoms with Crippen LogP contribution in [0.4, 0.5) is 5.69 Å². The number of hydrogen-bond acceptors (Lipinski definition) is 3. The number of ether oxygens (including phenoxy) is 2. The first-order valence-corrected chi connectivity index (χ1v) is 4.20. The second-order valence-corrected chi connectivity index (χ2v) is 3.36. The van der Waals surface area contributed by atoms with Crippen molar-refractivity contribution in [3.8, 4) is 11.5 Å². The normalized spacial score (nSPS) is 13.5. The highest BCUT2D eigenvalue weighted by atomic mass is 127. The van der Waals surface area contributed by atoms with Crippen molar-refractivity contribution in [3.63, 3.8) is 0 Å². The molecule has 1 aliphatic heterocycles. The van der Waals surface area contributed by atoms with Gasteiger partial charge in [0.05, 0.1) is 5.69 Å². The van der Waals surface area contributed by atoms with E-state index >= 15 is 0 Å². The molecule has 0 aromatic heterocycles. The van der Waals surface area contributed by atoms with Gasteiger partial charge in [-0.2, -0.15) is 0 Å². The number of nitrogen functional groups attached to an aromatic ring is 1. The SMILES string of the molecule is Nc1c(I)ccc2c1OCO2. The standard InChI is InChI=1S/C7H6INO2/c8-4-1-2-5-7(6(4)9)11-3-10-5/h1-2H,3,9H2. The molecule has 0 amide bonds. The van der Waals surface area contributed by atoms with Gasteiger partial charge in [-0.1, -0.05) is 0 Å². The van der Waals surface area contributed by atoms with Crippen LogP contribution in [-0.4, -0.2) is 6.79 Å². The maximum atomic E-state index is 5.72. The maximum absolute atomic E-state index is 5.72. The van der Waals surface area contributed by atoms with Crippen LogP contribution in [-0.2, 0) is 0 Å². The summed E-state index contributed by atoms with van der Waals surface area (Å²) < 4.78 is 11.3. The third-order valence-corrected chi connectivity index (χ3v) is 2.47. The van der Waals surface area contributed by atoms with E-state index in [1.54, 1.807) is 0 Å². The number of benzene rings is 1. The quantitative estimate of drug-likeness (QED) is 0.571. The topological polar surface area (TPSA) is 44.5 Å². The van der Waals surface area contributed by atoms with Gasteiger partial charge in [0.25, 0.3) is 0 Å². The van der Waals surface area contributed by atoms with E-state index in [1.165, 1.54) is 0 Å². The molecule has 3 nitrogen and oxygen atoms in total. The van der Waals surface area contributed by atoms with E-state index in [-0.39, 0.29) is 6.79 Å². The van der Waals surface area contributed by atoms with Gasteiger partial charge in [-0.25, -0.2) is 0 Å². The molecule has 1 heterocycles. The molecule has 0 fully saturated rings. The van der Waals surface area contributed by atoms with E-state index < -0.39 is 0 Å². The number of hydrogen-bond donors (Lipinski definition) is 1. The van der Waals surface area contributed by atoms with Crippen LogP contribution >= 0.6 is 22.6 Å². The first-order valence-electron chi connectivity index (χ1n) is 3.12. The summed E-state index contributed by atoms with van der Waals surface area (Å²) in [6.45, 7) is 0.277. The lowest BCUT2D eigenvalue weighted by Crippen LogP contribution is -1.95. The minimum Gasteiger partial charge on any atom is -0.454 e. The lowest BCUT2D eigenvalue weighted by atomic mass is 10.3. The first kappa shape index (κ1) is 7.02. The van der Waals surface area contributed by atoms with Crippen LogP contribution in [0.15, 0.2) is 12.1 Å². The Hall–Kier alpha value is -0.650. The zero-order valence-corrected chi connectivity index (χ0v) is 7.79. The zero-order valence-electron chi connectivity index (χ0n) is 5.63. The minimum atomic E-state index is 0.277. The summed E-state index contributed by atoms with van der Waals surface area (Å²) in [6, 6.07) is 3.77. The fourth-order valence-electron chi connectivity index (χ4n) is 0.970. The summed E-state index contributed by atoms with van der Waals surface area (Å²) in [4.78, 5) is 0. The Morgan fingerprint density at radius 3 is 3.00 bits per heavy atom. The molecule has 0 saturated heterocycles. The van der Waals surface area contributed by atoms with E-state index in [0.717, 1.165) is 9.32 Å². The van der Waals surface area contributed by atoms with Crippen LogP contribution < -0.4 is 15.2 Å². The van der Waals surface area contributed by atoms with Gasteiger partial charge in [-0.05, 0) is 34.7 Å². The van der Waals surface area contributed by atoms with Crippen molar-refractivity contribution in [1.82, 2.24) is 0 Å². The smallest absolute Gasteiger partial charge is 0.231 e. The monoisotopic (exact) mass is 263 g/mol. The predicted octanol–water partition coefficient (Wildman–Crippen LogP) is 1.60. The number of halogens is 1. The van der Waals surface area contributed by atoms with Gasteiger partial charge in [-0.3, -0.25) is 0 Å². The molecule has 0 unspecified atom stereocenters. The average molecular weight is 263 g/mol. The molecule has 0 atom stereocenters. The van der Waals surface area contributed by atoms with Crippen LogP contribution in [0.1, 0.15) is 0 Å². The molecule has 1 aliphatic rings. The molecule has 0 radical (unpaired) electrons. The van der Waals surface area contributed by atoms with Gasteiger partial charge < -0.3 is 15.2 Å². The van der Waals surface area contributed by atoms with Crippen molar-refractivity contribution in [1.29, 1.82) is 0 Å². The number of anilines is 1. The van der Waals surface area contributed by atoms with Crippen molar-refractivity contribution in [2.24, 2.45) is 0 Å². The van der Waals surface area contributed by atoms with Crippen molar-refractivity contribution in [3.05, 3.63) is 15.7 Å². The fraction of sp³-hybridized carbons (Fsp3) is 0.143. The second-order valence-electron chi connectivity index (χ2n) is 2.19. The molecular weight excluding hydrogens is 257 g/mol. The maximum Gasteiger partial charge on any atom is 0.231 e. The lowest BCUT2D eigenvalue weighted by Gasteiger charge is -2.01. The van der Waals surface area contributed by atoms with E-state index in [1.807, 2.05) is 12.1 Å². The second kappa shape index (κ2) is 2.44. The highest BCUT2D eigenvalue weighted by Gasteiger charge is 2.17. The Morgan fingerprint density at radius 2 is 2.18 bits per heavy atom. The molecule has 0 bridgehead atoms. The summed E-state index contributed by atoms with van der Waals surface area (Å²) >= 11 is 2.16. The fourth-order valence-corrected chi connectivity index (χ4v) is 1.39. The Morgan fingerprint density at radius 1 is 1.36 bits per heavy atom. The Labute approximate surface area is 77.6 Å². The molecule has 11 heavy (non-hydrogen) atoms. The molecule has 0 aliphatic carbocycles. The van der Waals surface area contributed by atoms with Crippen LogP contribution in [0.2, 0.25) is 0 Å². The van der Waals surface area contributed by atoms with Gasteiger partial charge in [0, 0.05) is 3.57 Å². The summed E-state index contributed by atoms with van der Waals surface area (Å²) in [5, 5.41) is 0. The number of fused-ring (bicyclic) bond motifs is 1.